The van der Waals surface area contributed by atoms with Gasteiger partial charge in [-0.3, -0.25) is 9.88 Å². The fourth-order valence-electron chi connectivity index (χ4n) is 2.15. The number of β-amino-alcohol motifs (C(OH)–C–C–N with tert-alkyl or cyclic N) is 1. The third kappa shape index (κ3) is 3.57. The first kappa shape index (κ1) is 13.6. The Hall–Kier alpha value is -0.850. The number of aliphatic hydroxyl groups is 1. The molecule has 1 saturated heterocycles. The van der Waals surface area contributed by atoms with E-state index in [1.807, 2.05) is 12.5 Å². The average molecular weight is 268 g/mol. The summed E-state index contributed by atoms with van der Waals surface area (Å²) in [6, 6.07) is 0. The third-order valence-corrected chi connectivity index (χ3v) is 3.75. The summed E-state index contributed by atoms with van der Waals surface area (Å²) in [5, 5.41) is 9.94. The SMILES string of the molecule is CSc1cncc(N2CCCN(CCO)CC2)n1. The smallest absolute Gasteiger partial charge is 0.148 e. The van der Waals surface area contributed by atoms with Crippen LogP contribution in [0.2, 0.25) is 0 Å². The quantitative estimate of drug-likeness (QED) is 0.812. The minimum absolute atomic E-state index is 0.238. The molecule has 0 saturated carbocycles. The molecule has 0 atom stereocenters. The van der Waals surface area contributed by atoms with Crippen LogP contribution in [-0.4, -0.2) is 65.6 Å². The van der Waals surface area contributed by atoms with Crippen LogP contribution in [-0.2, 0) is 0 Å². The Morgan fingerprint density at radius 1 is 1.28 bits per heavy atom. The number of aliphatic hydroxyl groups excluding tert-OH is 1. The fourth-order valence-corrected chi connectivity index (χ4v) is 2.51. The summed E-state index contributed by atoms with van der Waals surface area (Å²) >= 11 is 1.62. The van der Waals surface area contributed by atoms with E-state index in [2.05, 4.69) is 19.8 Å². The molecule has 0 radical (unpaired) electrons. The van der Waals surface area contributed by atoms with Crippen molar-refractivity contribution in [3.63, 3.8) is 0 Å². The Balaban J connectivity index is 2.00. The third-order valence-electron chi connectivity index (χ3n) is 3.14. The van der Waals surface area contributed by atoms with Crippen molar-refractivity contribution in [2.45, 2.75) is 11.4 Å². The molecular formula is C12H20N4OS. The molecule has 100 valence electrons. The Labute approximate surface area is 112 Å². The van der Waals surface area contributed by atoms with Gasteiger partial charge in [0.1, 0.15) is 10.8 Å². The molecule has 0 aromatic carbocycles. The molecule has 0 unspecified atom stereocenters. The predicted octanol–water partition coefficient (Wildman–Crippen LogP) is 0.703. The second-order valence-corrected chi connectivity index (χ2v) is 5.15. The number of aromatic nitrogens is 2. The van der Waals surface area contributed by atoms with Crippen molar-refractivity contribution in [1.82, 2.24) is 14.9 Å². The largest absolute Gasteiger partial charge is 0.395 e. The van der Waals surface area contributed by atoms with Crippen molar-refractivity contribution < 1.29 is 5.11 Å². The molecular weight excluding hydrogens is 248 g/mol. The van der Waals surface area contributed by atoms with E-state index < -0.39 is 0 Å². The van der Waals surface area contributed by atoms with Crippen molar-refractivity contribution in [2.24, 2.45) is 0 Å². The van der Waals surface area contributed by atoms with Gasteiger partial charge >= 0.3 is 0 Å². The van der Waals surface area contributed by atoms with E-state index in [-0.39, 0.29) is 6.61 Å². The summed E-state index contributed by atoms with van der Waals surface area (Å²) in [5.41, 5.74) is 0. The first-order chi connectivity index (χ1) is 8.83. The molecule has 1 aromatic heterocycles. The van der Waals surface area contributed by atoms with Gasteiger partial charge in [-0.2, -0.15) is 0 Å². The molecule has 1 N–H and O–H groups in total. The van der Waals surface area contributed by atoms with Gasteiger partial charge in [0, 0.05) is 26.2 Å². The topological polar surface area (TPSA) is 52.5 Å². The van der Waals surface area contributed by atoms with E-state index in [1.165, 1.54) is 0 Å². The van der Waals surface area contributed by atoms with E-state index in [9.17, 15) is 0 Å². The van der Waals surface area contributed by atoms with Gasteiger partial charge in [-0.1, -0.05) is 0 Å². The van der Waals surface area contributed by atoms with Gasteiger partial charge in [-0.25, -0.2) is 4.98 Å². The number of nitrogens with zero attached hydrogens (tertiary/aromatic N) is 4. The molecule has 0 amide bonds. The standard InChI is InChI=1S/C12H20N4OS/c1-18-12-10-13-9-11(14-12)16-4-2-3-15(5-6-16)7-8-17/h9-10,17H,2-8H2,1H3. The maximum Gasteiger partial charge on any atom is 0.148 e. The molecule has 2 rings (SSSR count). The molecule has 1 aliphatic rings. The van der Waals surface area contributed by atoms with E-state index in [1.54, 1.807) is 18.0 Å². The van der Waals surface area contributed by atoms with Gasteiger partial charge in [-0.15, -0.1) is 11.8 Å². The van der Waals surface area contributed by atoms with Crippen LogP contribution in [0.25, 0.3) is 0 Å². The first-order valence-electron chi connectivity index (χ1n) is 6.27. The second kappa shape index (κ2) is 6.92. The minimum atomic E-state index is 0.238. The van der Waals surface area contributed by atoms with E-state index in [0.29, 0.717) is 0 Å². The highest BCUT2D eigenvalue weighted by atomic mass is 32.2. The molecule has 1 fully saturated rings. The number of hydrogen-bond donors (Lipinski definition) is 1. The molecule has 18 heavy (non-hydrogen) atoms. The summed E-state index contributed by atoms with van der Waals surface area (Å²) in [6.07, 6.45) is 6.75. The molecule has 0 bridgehead atoms. The monoisotopic (exact) mass is 268 g/mol. The lowest BCUT2D eigenvalue weighted by Crippen LogP contribution is -2.32. The Morgan fingerprint density at radius 3 is 2.94 bits per heavy atom. The van der Waals surface area contributed by atoms with Gasteiger partial charge in [0.05, 0.1) is 19.0 Å². The van der Waals surface area contributed by atoms with Crippen LogP contribution in [0.15, 0.2) is 17.4 Å². The first-order valence-corrected chi connectivity index (χ1v) is 7.50. The molecule has 5 nitrogen and oxygen atoms in total. The molecule has 0 spiro atoms. The summed E-state index contributed by atoms with van der Waals surface area (Å²) in [7, 11) is 0. The summed E-state index contributed by atoms with van der Waals surface area (Å²) in [4.78, 5) is 13.4. The predicted molar refractivity (Wildman–Crippen MR) is 74.2 cm³/mol. The van der Waals surface area contributed by atoms with Crippen LogP contribution in [0.5, 0.6) is 0 Å². The van der Waals surface area contributed by atoms with Crippen molar-refractivity contribution in [3.05, 3.63) is 12.4 Å². The van der Waals surface area contributed by atoms with E-state index >= 15 is 0 Å². The Morgan fingerprint density at radius 2 is 2.17 bits per heavy atom. The Kier molecular flexibility index (Phi) is 5.22. The van der Waals surface area contributed by atoms with Crippen LogP contribution in [0.3, 0.4) is 0 Å². The maximum absolute atomic E-state index is 8.98. The number of thioether (sulfide) groups is 1. The second-order valence-electron chi connectivity index (χ2n) is 4.33. The average Bonchev–Trinajstić information content (AvgIpc) is 2.65. The fraction of sp³-hybridized carbons (Fsp3) is 0.667. The van der Waals surface area contributed by atoms with Gasteiger partial charge < -0.3 is 10.0 Å². The molecule has 2 heterocycles. The number of rotatable bonds is 4. The van der Waals surface area contributed by atoms with Crippen LogP contribution in [0, 0.1) is 0 Å². The van der Waals surface area contributed by atoms with Crippen molar-refractivity contribution >= 4 is 17.6 Å². The highest BCUT2D eigenvalue weighted by Gasteiger charge is 2.15. The van der Waals surface area contributed by atoms with Gasteiger partial charge in [-0.05, 0) is 19.2 Å². The lowest BCUT2D eigenvalue weighted by Gasteiger charge is -2.22. The van der Waals surface area contributed by atoms with E-state index in [4.69, 9.17) is 5.11 Å². The zero-order valence-electron chi connectivity index (χ0n) is 10.7. The lowest BCUT2D eigenvalue weighted by molar-refractivity contribution is 0.204. The summed E-state index contributed by atoms with van der Waals surface area (Å²) < 4.78 is 0. The molecule has 0 aliphatic carbocycles. The summed E-state index contributed by atoms with van der Waals surface area (Å²) in [5.74, 6) is 0.965. The summed E-state index contributed by atoms with van der Waals surface area (Å²) in [6.45, 7) is 4.99. The van der Waals surface area contributed by atoms with Crippen LogP contribution >= 0.6 is 11.8 Å². The normalized spacial score (nSPS) is 17.8. The number of anilines is 1. The lowest BCUT2D eigenvalue weighted by atomic mass is 10.4. The zero-order valence-corrected chi connectivity index (χ0v) is 11.6. The van der Waals surface area contributed by atoms with Crippen LogP contribution in [0.1, 0.15) is 6.42 Å². The Bertz CT molecular complexity index is 377. The zero-order chi connectivity index (χ0) is 12.8. The highest BCUT2D eigenvalue weighted by Crippen LogP contribution is 2.17. The van der Waals surface area contributed by atoms with Crippen LogP contribution in [0.4, 0.5) is 5.82 Å². The van der Waals surface area contributed by atoms with Gasteiger partial charge in [0.25, 0.3) is 0 Å². The van der Waals surface area contributed by atoms with Crippen molar-refractivity contribution in [2.75, 3.05) is 50.5 Å². The maximum atomic E-state index is 8.98. The number of hydrogen-bond acceptors (Lipinski definition) is 6. The van der Waals surface area contributed by atoms with Crippen molar-refractivity contribution in [1.29, 1.82) is 0 Å². The van der Waals surface area contributed by atoms with Gasteiger partial charge in [0.2, 0.25) is 0 Å². The van der Waals surface area contributed by atoms with Crippen molar-refractivity contribution in [3.8, 4) is 0 Å². The minimum Gasteiger partial charge on any atom is -0.395 e. The molecule has 6 heteroatoms. The van der Waals surface area contributed by atoms with Gasteiger partial charge in [0.15, 0.2) is 0 Å². The molecule has 1 aliphatic heterocycles. The highest BCUT2D eigenvalue weighted by molar-refractivity contribution is 7.98. The van der Waals surface area contributed by atoms with Crippen LogP contribution < -0.4 is 4.90 Å². The van der Waals surface area contributed by atoms with E-state index in [0.717, 1.165) is 50.0 Å². The molecule has 1 aromatic rings.